The number of benzene rings is 2. The maximum Gasteiger partial charge on any atom is 0.228 e. The van der Waals surface area contributed by atoms with Crippen LogP contribution in [0.25, 0.3) is 11.3 Å². The van der Waals surface area contributed by atoms with Gasteiger partial charge in [0.1, 0.15) is 0 Å². The lowest BCUT2D eigenvalue weighted by molar-refractivity contribution is -0.115. The molecule has 5 heteroatoms. The highest BCUT2D eigenvalue weighted by Gasteiger charge is 2.06. The molecule has 0 fully saturated rings. The number of carbonyl (C=O) groups excluding carboxylic acids is 1. The van der Waals surface area contributed by atoms with Gasteiger partial charge >= 0.3 is 0 Å². The topological polar surface area (TPSA) is 62.2 Å². The zero-order valence-electron chi connectivity index (χ0n) is 13.3. The number of hydrogen-bond acceptors (Lipinski definition) is 4. The molecule has 0 aliphatic rings. The molecule has 0 unspecified atom stereocenters. The molecule has 1 aromatic heterocycles. The number of nitrogens with one attached hydrogen (secondary N) is 1. The van der Waals surface area contributed by atoms with E-state index < -0.39 is 0 Å². The summed E-state index contributed by atoms with van der Waals surface area (Å²) in [5.41, 5.74) is 4.44. The molecule has 2 aromatic carbocycles. The van der Waals surface area contributed by atoms with Gasteiger partial charge in [-0.15, -0.1) is 11.3 Å². The number of aliphatic hydroxyl groups is 1. The second kappa shape index (κ2) is 7.38. The fraction of sp³-hybridized carbons (Fsp3) is 0.158. The number of thiazole rings is 1. The lowest BCUT2D eigenvalue weighted by Gasteiger charge is -2.07. The van der Waals surface area contributed by atoms with E-state index in [1.807, 2.05) is 54.8 Å². The van der Waals surface area contributed by atoms with Crippen LogP contribution in [0.4, 0.5) is 5.69 Å². The molecule has 2 N–H and O–H groups in total. The van der Waals surface area contributed by atoms with E-state index in [2.05, 4.69) is 10.3 Å². The minimum absolute atomic E-state index is 0.0404. The SMILES string of the molecule is Cc1nc(-c2ccc(CC(=O)Nc3cccc(CO)c3)cc2)cs1. The van der Waals surface area contributed by atoms with Crippen LogP contribution in [-0.2, 0) is 17.8 Å². The Morgan fingerprint density at radius 1 is 1.17 bits per heavy atom. The average molecular weight is 338 g/mol. The van der Waals surface area contributed by atoms with Crippen molar-refractivity contribution in [2.45, 2.75) is 20.0 Å². The monoisotopic (exact) mass is 338 g/mol. The highest BCUT2D eigenvalue weighted by Crippen LogP contribution is 2.22. The van der Waals surface area contributed by atoms with Crippen LogP contribution in [0.15, 0.2) is 53.9 Å². The molecule has 3 aromatic rings. The first-order valence-corrected chi connectivity index (χ1v) is 8.53. The Morgan fingerprint density at radius 2 is 1.96 bits per heavy atom. The van der Waals surface area contributed by atoms with Gasteiger partial charge in [0, 0.05) is 16.6 Å². The highest BCUT2D eigenvalue weighted by molar-refractivity contribution is 7.09. The molecule has 122 valence electrons. The van der Waals surface area contributed by atoms with Crippen LogP contribution in [0.2, 0.25) is 0 Å². The first-order chi connectivity index (χ1) is 11.6. The van der Waals surface area contributed by atoms with E-state index in [0.717, 1.165) is 27.4 Å². The second-order valence-corrected chi connectivity index (χ2v) is 6.59. The number of hydrogen-bond donors (Lipinski definition) is 2. The van der Waals surface area contributed by atoms with Crippen LogP contribution in [0, 0.1) is 6.92 Å². The molecule has 0 spiro atoms. The fourth-order valence-electron chi connectivity index (χ4n) is 2.43. The normalized spacial score (nSPS) is 10.6. The fourth-order valence-corrected chi connectivity index (χ4v) is 3.05. The number of rotatable bonds is 5. The van der Waals surface area contributed by atoms with E-state index >= 15 is 0 Å². The Morgan fingerprint density at radius 3 is 2.62 bits per heavy atom. The van der Waals surface area contributed by atoms with Gasteiger partial charge in [-0.1, -0.05) is 36.4 Å². The molecule has 0 aliphatic heterocycles. The van der Waals surface area contributed by atoms with Crippen molar-refractivity contribution in [3.05, 3.63) is 70.0 Å². The van der Waals surface area contributed by atoms with Crippen LogP contribution in [0.5, 0.6) is 0 Å². The molecule has 0 radical (unpaired) electrons. The second-order valence-electron chi connectivity index (χ2n) is 5.53. The zero-order chi connectivity index (χ0) is 16.9. The van der Waals surface area contributed by atoms with E-state index in [4.69, 9.17) is 5.11 Å². The van der Waals surface area contributed by atoms with Crippen molar-refractivity contribution in [1.29, 1.82) is 0 Å². The van der Waals surface area contributed by atoms with E-state index in [1.54, 1.807) is 17.4 Å². The standard InChI is InChI=1S/C19H18N2O2S/c1-13-20-18(12-24-13)16-7-5-14(6-8-16)10-19(23)21-17-4-2-3-15(9-17)11-22/h2-9,12,22H,10-11H2,1H3,(H,21,23). The molecule has 0 saturated heterocycles. The van der Waals surface area contributed by atoms with Gasteiger partial charge in [-0.05, 0) is 30.2 Å². The zero-order valence-corrected chi connectivity index (χ0v) is 14.1. The summed E-state index contributed by atoms with van der Waals surface area (Å²) >= 11 is 1.63. The van der Waals surface area contributed by atoms with Crippen molar-refractivity contribution in [2.24, 2.45) is 0 Å². The van der Waals surface area contributed by atoms with E-state index in [-0.39, 0.29) is 12.5 Å². The van der Waals surface area contributed by atoms with Gasteiger partial charge in [-0.25, -0.2) is 4.98 Å². The van der Waals surface area contributed by atoms with Crippen molar-refractivity contribution in [3.8, 4) is 11.3 Å². The number of anilines is 1. The molecule has 1 heterocycles. The number of amides is 1. The van der Waals surface area contributed by atoms with E-state index in [9.17, 15) is 4.79 Å². The molecule has 4 nitrogen and oxygen atoms in total. The van der Waals surface area contributed by atoms with Crippen molar-refractivity contribution < 1.29 is 9.90 Å². The highest BCUT2D eigenvalue weighted by atomic mass is 32.1. The molecule has 0 atom stereocenters. The predicted octanol–water partition coefficient (Wildman–Crippen LogP) is 3.79. The Labute approximate surface area is 144 Å². The third-order valence-corrected chi connectivity index (χ3v) is 4.40. The minimum Gasteiger partial charge on any atom is -0.392 e. The number of aromatic nitrogens is 1. The third-order valence-electron chi connectivity index (χ3n) is 3.63. The van der Waals surface area contributed by atoms with Crippen molar-refractivity contribution >= 4 is 22.9 Å². The lowest BCUT2D eigenvalue weighted by atomic mass is 10.1. The summed E-state index contributed by atoms with van der Waals surface area (Å²) in [6.07, 6.45) is 0.305. The Hall–Kier alpha value is -2.50. The maximum atomic E-state index is 12.2. The molecule has 24 heavy (non-hydrogen) atoms. The van der Waals surface area contributed by atoms with Crippen LogP contribution >= 0.6 is 11.3 Å². The van der Waals surface area contributed by atoms with Crippen molar-refractivity contribution in [2.75, 3.05) is 5.32 Å². The summed E-state index contributed by atoms with van der Waals surface area (Å²) in [5.74, 6) is -0.0812. The van der Waals surface area contributed by atoms with Gasteiger partial charge in [0.05, 0.1) is 23.7 Å². The van der Waals surface area contributed by atoms with E-state index in [1.165, 1.54) is 0 Å². The maximum absolute atomic E-state index is 12.2. The summed E-state index contributed by atoms with van der Waals surface area (Å²) in [5, 5.41) is 15.1. The quantitative estimate of drug-likeness (QED) is 0.744. The van der Waals surface area contributed by atoms with Gasteiger partial charge in [0.25, 0.3) is 0 Å². The molecular weight excluding hydrogens is 320 g/mol. The van der Waals surface area contributed by atoms with Crippen molar-refractivity contribution in [3.63, 3.8) is 0 Å². The van der Waals surface area contributed by atoms with Crippen LogP contribution in [0.1, 0.15) is 16.1 Å². The van der Waals surface area contributed by atoms with Gasteiger partial charge in [0.15, 0.2) is 0 Å². The first kappa shape index (κ1) is 16.4. The number of nitrogens with zero attached hydrogens (tertiary/aromatic N) is 1. The van der Waals surface area contributed by atoms with Gasteiger partial charge in [0.2, 0.25) is 5.91 Å². The number of aryl methyl sites for hydroxylation is 1. The third kappa shape index (κ3) is 4.07. The van der Waals surface area contributed by atoms with Gasteiger partial charge in [-0.2, -0.15) is 0 Å². The van der Waals surface area contributed by atoms with E-state index in [0.29, 0.717) is 12.1 Å². The van der Waals surface area contributed by atoms with Gasteiger partial charge < -0.3 is 10.4 Å². The van der Waals surface area contributed by atoms with Crippen LogP contribution < -0.4 is 5.32 Å². The molecule has 3 rings (SSSR count). The van der Waals surface area contributed by atoms with Crippen molar-refractivity contribution in [1.82, 2.24) is 4.98 Å². The number of aliphatic hydroxyl groups excluding tert-OH is 1. The van der Waals surface area contributed by atoms with Crippen LogP contribution in [0.3, 0.4) is 0 Å². The number of carbonyl (C=O) groups is 1. The summed E-state index contributed by atoms with van der Waals surface area (Å²) in [6.45, 7) is 1.94. The molecule has 0 bridgehead atoms. The largest absolute Gasteiger partial charge is 0.392 e. The Bertz CT molecular complexity index is 841. The summed E-state index contributed by atoms with van der Waals surface area (Å²) in [4.78, 5) is 16.6. The summed E-state index contributed by atoms with van der Waals surface area (Å²) in [7, 11) is 0. The molecular formula is C19H18N2O2S. The predicted molar refractivity (Wildman–Crippen MR) is 97.0 cm³/mol. The van der Waals surface area contributed by atoms with Gasteiger partial charge in [-0.3, -0.25) is 4.79 Å². The first-order valence-electron chi connectivity index (χ1n) is 7.65. The average Bonchev–Trinajstić information content (AvgIpc) is 3.02. The molecule has 0 aliphatic carbocycles. The molecule has 1 amide bonds. The molecule has 0 saturated carbocycles. The van der Waals surface area contributed by atoms with Crippen LogP contribution in [-0.4, -0.2) is 16.0 Å². The summed E-state index contributed by atoms with van der Waals surface area (Å²) in [6, 6.07) is 15.1. The Kier molecular flexibility index (Phi) is 5.03. The lowest BCUT2D eigenvalue weighted by Crippen LogP contribution is -2.14. The minimum atomic E-state index is -0.0812. The summed E-state index contributed by atoms with van der Waals surface area (Å²) < 4.78 is 0. The Balaban J connectivity index is 1.64. The smallest absolute Gasteiger partial charge is 0.228 e.